The minimum absolute atomic E-state index is 0.338. The molecule has 4 aromatic rings. The van der Waals surface area contributed by atoms with Gasteiger partial charge in [0.1, 0.15) is 5.69 Å². The number of aromatic amines is 3. The summed E-state index contributed by atoms with van der Waals surface area (Å²) in [6.07, 6.45) is 10.5. The number of H-pyrrole nitrogens is 3. The molecule has 1 unspecified atom stereocenters. The molecule has 0 bridgehead atoms. The summed E-state index contributed by atoms with van der Waals surface area (Å²) in [7, 11) is 0. The van der Waals surface area contributed by atoms with Gasteiger partial charge in [-0.15, -0.1) is 0 Å². The lowest BCUT2D eigenvalue weighted by atomic mass is 10.1. The summed E-state index contributed by atoms with van der Waals surface area (Å²) in [5.41, 5.74) is 3.83. The van der Waals surface area contributed by atoms with E-state index < -0.39 is 0 Å². The summed E-state index contributed by atoms with van der Waals surface area (Å²) in [6, 6.07) is 5.77. The SMILES string of the molecule is C1=COC(c2nc(-c3ccc[nH]3)c3c(-c4ccn[nH]4)[nH]nc3n2)C=C1. The first-order valence-electron chi connectivity index (χ1n) is 7.78. The van der Waals surface area contributed by atoms with E-state index in [1.54, 1.807) is 12.5 Å². The third kappa shape index (κ3) is 2.23. The van der Waals surface area contributed by atoms with E-state index in [4.69, 9.17) is 9.72 Å². The topological polar surface area (TPSA) is 108 Å². The number of fused-ring (bicyclic) bond motifs is 1. The minimum atomic E-state index is -0.338. The Bertz CT molecular complexity index is 1070. The summed E-state index contributed by atoms with van der Waals surface area (Å²) in [5, 5.41) is 15.2. The highest BCUT2D eigenvalue weighted by atomic mass is 16.5. The largest absolute Gasteiger partial charge is 0.486 e. The van der Waals surface area contributed by atoms with Crippen LogP contribution in [0.15, 0.2) is 55.1 Å². The van der Waals surface area contributed by atoms with Crippen LogP contribution in [0.2, 0.25) is 0 Å². The lowest BCUT2D eigenvalue weighted by Crippen LogP contribution is -2.07. The smallest absolute Gasteiger partial charge is 0.185 e. The van der Waals surface area contributed by atoms with Crippen LogP contribution in [0.3, 0.4) is 0 Å². The lowest BCUT2D eigenvalue weighted by Gasteiger charge is -2.14. The van der Waals surface area contributed by atoms with Crippen LogP contribution in [0, 0.1) is 0 Å². The molecule has 25 heavy (non-hydrogen) atoms. The zero-order valence-electron chi connectivity index (χ0n) is 13.0. The van der Waals surface area contributed by atoms with E-state index >= 15 is 0 Å². The van der Waals surface area contributed by atoms with Crippen molar-refractivity contribution in [2.45, 2.75) is 6.10 Å². The Labute approximate surface area is 141 Å². The van der Waals surface area contributed by atoms with E-state index in [1.807, 2.05) is 42.6 Å². The van der Waals surface area contributed by atoms with Crippen molar-refractivity contribution in [1.29, 1.82) is 0 Å². The molecule has 0 saturated heterocycles. The van der Waals surface area contributed by atoms with Crippen LogP contribution in [0.1, 0.15) is 11.9 Å². The van der Waals surface area contributed by atoms with Gasteiger partial charge in [-0.25, -0.2) is 9.97 Å². The second-order valence-electron chi connectivity index (χ2n) is 5.55. The van der Waals surface area contributed by atoms with Crippen molar-refractivity contribution in [2.24, 2.45) is 0 Å². The maximum absolute atomic E-state index is 5.61. The van der Waals surface area contributed by atoms with E-state index in [0.29, 0.717) is 11.5 Å². The predicted molar refractivity (Wildman–Crippen MR) is 91.2 cm³/mol. The Morgan fingerprint density at radius 3 is 2.80 bits per heavy atom. The average molecular weight is 331 g/mol. The molecule has 3 N–H and O–H groups in total. The Morgan fingerprint density at radius 2 is 2.04 bits per heavy atom. The molecular formula is C17H13N7O. The lowest BCUT2D eigenvalue weighted by molar-refractivity contribution is 0.178. The molecule has 5 rings (SSSR count). The molecule has 0 radical (unpaired) electrons. The molecule has 5 heterocycles. The van der Waals surface area contributed by atoms with Crippen molar-refractivity contribution in [3.8, 4) is 22.8 Å². The van der Waals surface area contributed by atoms with E-state index in [-0.39, 0.29) is 6.10 Å². The van der Waals surface area contributed by atoms with Gasteiger partial charge < -0.3 is 9.72 Å². The van der Waals surface area contributed by atoms with E-state index in [2.05, 4.69) is 30.4 Å². The molecule has 0 saturated carbocycles. The molecule has 0 fully saturated rings. The fourth-order valence-electron chi connectivity index (χ4n) is 2.86. The van der Waals surface area contributed by atoms with Crippen molar-refractivity contribution in [2.75, 3.05) is 0 Å². The normalized spacial score (nSPS) is 16.4. The number of allylic oxidation sites excluding steroid dienone is 2. The second-order valence-corrected chi connectivity index (χ2v) is 5.55. The number of ether oxygens (including phenoxy) is 1. The molecule has 8 nitrogen and oxygen atoms in total. The van der Waals surface area contributed by atoms with Gasteiger partial charge in [0.05, 0.1) is 28.7 Å². The molecule has 1 atom stereocenters. The quantitative estimate of drug-likeness (QED) is 0.535. The monoisotopic (exact) mass is 331 g/mol. The molecule has 0 amide bonds. The second kappa shape index (κ2) is 5.45. The fourth-order valence-corrected chi connectivity index (χ4v) is 2.86. The summed E-state index contributed by atoms with van der Waals surface area (Å²) in [6.45, 7) is 0. The van der Waals surface area contributed by atoms with Crippen LogP contribution < -0.4 is 0 Å². The first kappa shape index (κ1) is 13.7. The highest BCUT2D eigenvalue weighted by molar-refractivity contribution is 5.99. The number of aromatic nitrogens is 7. The molecule has 0 spiro atoms. The Balaban J connectivity index is 1.76. The Morgan fingerprint density at radius 1 is 1.04 bits per heavy atom. The van der Waals surface area contributed by atoms with Crippen LogP contribution in [-0.2, 0) is 4.74 Å². The van der Waals surface area contributed by atoms with Crippen molar-refractivity contribution in [3.63, 3.8) is 0 Å². The van der Waals surface area contributed by atoms with E-state index in [0.717, 1.165) is 28.2 Å². The van der Waals surface area contributed by atoms with Crippen LogP contribution in [0.25, 0.3) is 33.8 Å². The van der Waals surface area contributed by atoms with Gasteiger partial charge in [0.25, 0.3) is 0 Å². The van der Waals surface area contributed by atoms with Gasteiger partial charge in [0.15, 0.2) is 17.6 Å². The van der Waals surface area contributed by atoms with Crippen molar-refractivity contribution in [3.05, 3.63) is 60.9 Å². The fraction of sp³-hybridized carbons (Fsp3) is 0.0588. The Hall–Kier alpha value is -3.68. The number of hydrogen-bond donors (Lipinski definition) is 3. The molecule has 4 aromatic heterocycles. The van der Waals surface area contributed by atoms with Crippen molar-refractivity contribution < 1.29 is 4.74 Å². The van der Waals surface area contributed by atoms with Gasteiger partial charge in [-0.05, 0) is 30.4 Å². The van der Waals surface area contributed by atoms with Crippen LogP contribution in [-0.4, -0.2) is 35.3 Å². The zero-order valence-corrected chi connectivity index (χ0v) is 13.0. The van der Waals surface area contributed by atoms with Crippen LogP contribution in [0.4, 0.5) is 0 Å². The zero-order chi connectivity index (χ0) is 16.6. The first-order chi connectivity index (χ1) is 12.4. The minimum Gasteiger partial charge on any atom is -0.486 e. The highest BCUT2D eigenvalue weighted by Gasteiger charge is 2.22. The van der Waals surface area contributed by atoms with Crippen molar-refractivity contribution in [1.82, 2.24) is 35.3 Å². The van der Waals surface area contributed by atoms with Gasteiger partial charge in [0.2, 0.25) is 0 Å². The number of nitrogens with zero attached hydrogens (tertiary/aromatic N) is 4. The Kier molecular flexibility index (Phi) is 2.99. The highest BCUT2D eigenvalue weighted by Crippen LogP contribution is 2.33. The standard InChI is InChI=1S/C17H13N7O/c1-2-9-25-12(5-1)16-20-14(10-4-3-7-18-10)13-15(11-6-8-19-22-11)23-24-17(13)21-16/h1-9,12,18H,(H,19,22)(H,20,21,23,24). The summed E-state index contributed by atoms with van der Waals surface area (Å²) in [4.78, 5) is 12.6. The first-order valence-corrected chi connectivity index (χ1v) is 7.78. The average Bonchev–Trinajstić information content (AvgIpc) is 3.41. The molecule has 1 aliphatic rings. The van der Waals surface area contributed by atoms with Crippen molar-refractivity contribution >= 4 is 11.0 Å². The van der Waals surface area contributed by atoms with E-state index in [1.165, 1.54) is 0 Å². The van der Waals surface area contributed by atoms with Gasteiger partial charge in [0, 0.05) is 12.4 Å². The van der Waals surface area contributed by atoms with Gasteiger partial charge in [-0.3, -0.25) is 10.2 Å². The number of rotatable bonds is 3. The third-order valence-electron chi connectivity index (χ3n) is 4.01. The molecule has 8 heteroatoms. The number of nitrogens with one attached hydrogen (secondary N) is 3. The third-order valence-corrected chi connectivity index (χ3v) is 4.01. The summed E-state index contributed by atoms with van der Waals surface area (Å²) in [5.74, 6) is 0.556. The van der Waals surface area contributed by atoms with Crippen LogP contribution in [0.5, 0.6) is 0 Å². The predicted octanol–water partition coefficient (Wildman–Crippen LogP) is 2.88. The maximum Gasteiger partial charge on any atom is 0.185 e. The summed E-state index contributed by atoms with van der Waals surface area (Å²) >= 11 is 0. The van der Waals surface area contributed by atoms with Gasteiger partial charge in [-0.2, -0.15) is 10.2 Å². The van der Waals surface area contributed by atoms with Crippen LogP contribution >= 0.6 is 0 Å². The molecular weight excluding hydrogens is 318 g/mol. The molecule has 0 aliphatic carbocycles. The molecule has 122 valence electrons. The maximum atomic E-state index is 5.61. The van der Waals surface area contributed by atoms with Gasteiger partial charge >= 0.3 is 0 Å². The van der Waals surface area contributed by atoms with E-state index in [9.17, 15) is 0 Å². The number of hydrogen-bond acceptors (Lipinski definition) is 5. The molecule has 0 aromatic carbocycles. The molecule has 1 aliphatic heterocycles. The van der Waals surface area contributed by atoms with Gasteiger partial charge in [-0.1, -0.05) is 6.08 Å². The summed E-state index contributed by atoms with van der Waals surface area (Å²) < 4.78 is 5.61.